The summed E-state index contributed by atoms with van der Waals surface area (Å²) in [4.78, 5) is 21.2. The maximum absolute atomic E-state index is 10.9. The van der Waals surface area contributed by atoms with Crippen molar-refractivity contribution in [2.45, 2.75) is 19.8 Å². The zero-order valence-corrected chi connectivity index (χ0v) is 7.93. The van der Waals surface area contributed by atoms with Gasteiger partial charge in [-0.25, -0.2) is 0 Å². The van der Waals surface area contributed by atoms with Crippen LogP contribution in [0.3, 0.4) is 0 Å². The van der Waals surface area contributed by atoms with E-state index < -0.39 is 0 Å². The molecule has 0 unspecified atom stereocenters. The second kappa shape index (κ2) is 7.54. The lowest BCUT2D eigenvalue weighted by Gasteiger charge is -2.03. The molecule has 13 heavy (non-hydrogen) atoms. The van der Waals surface area contributed by atoms with E-state index in [1.807, 2.05) is 6.92 Å². The summed E-state index contributed by atoms with van der Waals surface area (Å²) in [7, 11) is 0. The molecule has 76 valence electrons. The minimum absolute atomic E-state index is 0.0223. The van der Waals surface area contributed by atoms with E-state index in [9.17, 15) is 9.59 Å². The Morgan fingerprint density at radius 3 is 2.38 bits per heavy atom. The number of carbonyl (C=O) groups is 2. The van der Waals surface area contributed by atoms with Gasteiger partial charge in [0.05, 0.1) is 0 Å². The first-order valence-electron chi connectivity index (χ1n) is 4.42. The molecule has 0 aromatic rings. The first kappa shape index (κ1) is 11.9. The Kier molecular flexibility index (Phi) is 6.91. The lowest BCUT2D eigenvalue weighted by Crippen LogP contribution is -2.29. The normalized spacial score (nSPS) is 9.62. The molecule has 4 N–H and O–H groups in total. The number of nitrogens with two attached hydrogens (primary N) is 1. The molecule has 0 aliphatic carbocycles. The van der Waals surface area contributed by atoms with Crippen LogP contribution < -0.4 is 16.4 Å². The van der Waals surface area contributed by atoms with Crippen LogP contribution in [0, 0.1) is 0 Å². The van der Waals surface area contributed by atoms with E-state index in [0.29, 0.717) is 32.5 Å². The number of hydrogen-bond acceptors (Lipinski definition) is 3. The third kappa shape index (κ3) is 8.81. The third-order valence-corrected chi connectivity index (χ3v) is 1.45. The predicted molar refractivity (Wildman–Crippen MR) is 50.0 cm³/mol. The third-order valence-electron chi connectivity index (χ3n) is 1.45. The fourth-order valence-corrected chi connectivity index (χ4v) is 0.824. The van der Waals surface area contributed by atoms with Gasteiger partial charge in [-0.2, -0.15) is 0 Å². The average Bonchev–Trinajstić information content (AvgIpc) is 2.03. The molecule has 0 bridgehead atoms. The SMILES string of the molecule is CCNC(=O)CCNCCC(N)=O. The summed E-state index contributed by atoms with van der Waals surface area (Å²) in [6.45, 7) is 3.65. The van der Waals surface area contributed by atoms with Gasteiger partial charge in [-0.3, -0.25) is 9.59 Å². The lowest BCUT2D eigenvalue weighted by molar-refractivity contribution is -0.120. The summed E-state index contributed by atoms with van der Waals surface area (Å²) in [6, 6.07) is 0. The minimum Gasteiger partial charge on any atom is -0.370 e. The van der Waals surface area contributed by atoms with Gasteiger partial charge < -0.3 is 16.4 Å². The van der Waals surface area contributed by atoms with Gasteiger partial charge in [-0.15, -0.1) is 0 Å². The first-order chi connectivity index (χ1) is 6.16. The Morgan fingerprint density at radius 1 is 1.23 bits per heavy atom. The van der Waals surface area contributed by atoms with Gasteiger partial charge in [0.25, 0.3) is 0 Å². The molecular weight excluding hydrogens is 170 g/mol. The van der Waals surface area contributed by atoms with Gasteiger partial charge >= 0.3 is 0 Å². The summed E-state index contributed by atoms with van der Waals surface area (Å²) in [5, 5.41) is 5.62. The van der Waals surface area contributed by atoms with Crippen molar-refractivity contribution in [2.24, 2.45) is 5.73 Å². The summed E-state index contributed by atoms with van der Waals surface area (Å²) in [5.41, 5.74) is 4.92. The average molecular weight is 187 g/mol. The van der Waals surface area contributed by atoms with Crippen LogP contribution >= 0.6 is 0 Å². The van der Waals surface area contributed by atoms with Crippen LogP contribution in [0.15, 0.2) is 0 Å². The molecule has 5 heteroatoms. The van der Waals surface area contributed by atoms with Crippen LogP contribution in [0.2, 0.25) is 0 Å². The molecule has 0 spiro atoms. The van der Waals surface area contributed by atoms with Crippen molar-refractivity contribution in [1.29, 1.82) is 0 Å². The highest BCUT2D eigenvalue weighted by Crippen LogP contribution is 1.78. The zero-order chi connectivity index (χ0) is 10.1. The molecule has 2 amide bonds. The number of hydrogen-bond donors (Lipinski definition) is 3. The topological polar surface area (TPSA) is 84.2 Å². The number of rotatable bonds is 7. The second-order valence-corrected chi connectivity index (χ2v) is 2.67. The second-order valence-electron chi connectivity index (χ2n) is 2.67. The Balaban J connectivity index is 3.16. The standard InChI is InChI=1S/C8H17N3O2/c1-2-11-8(13)4-6-10-5-3-7(9)12/h10H,2-6H2,1H3,(H2,9,12)(H,11,13). The van der Waals surface area contributed by atoms with Crippen LogP contribution in [-0.2, 0) is 9.59 Å². The van der Waals surface area contributed by atoms with Crippen molar-refractivity contribution < 1.29 is 9.59 Å². The molecule has 0 aromatic heterocycles. The largest absolute Gasteiger partial charge is 0.370 e. The maximum Gasteiger partial charge on any atom is 0.221 e. The summed E-state index contributed by atoms with van der Waals surface area (Å²) < 4.78 is 0. The van der Waals surface area contributed by atoms with Crippen molar-refractivity contribution in [3.63, 3.8) is 0 Å². The quantitative estimate of drug-likeness (QED) is 0.446. The van der Waals surface area contributed by atoms with Gasteiger partial charge in [-0.05, 0) is 6.92 Å². The van der Waals surface area contributed by atoms with Crippen molar-refractivity contribution in [1.82, 2.24) is 10.6 Å². The molecular formula is C8H17N3O2. The highest BCUT2D eigenvalue weighted by molar-refractivity contribution is 5.76. The van der Waals surface area contributed by atoms with E-state index >= 15 is 0 Å². The molecule has 0 fully saturated rings. The van der Waals surface area contributed by atoms with Gasteiger partial charge in [0.1, 0.15) is 0 Å². The van der Waals surface area contributed by atoms with Crippen LogP contribution in [0.4, 0.5) is 0 Å². The summed E-state index contributed by atoms with van der Waals surface area (Å²) in [6.07, 6.45) is 0.752. The molecule has 5 nitrogen and oxygen atoms in total. The number of amides is 2. The van der Waals surface area contributed by atoms with E-state index in [-0.39, 0.29) is 11.8 Å². The number of nitrogens with one attached hydrogen (secondary N) is 2. The minimum atomic E-state index is -0.328. The number of primary amides is 1. The molecule has 0 saturated carbocycles. The molecule has 0 aromatic carbocycles. The molecule has 0 rings (SSSR count). The van der Waals surface area contributed by atoms with E-state index in [0.717, 1.165) is 0 Å². The van der Waals surface area contributed by atoms with Gasteiger partial charge in [0.2, 0.25) is 11.8 Å². The summed E-state index contributed by atoms with van der Waals surface area (Å²) >= 11 is 0. The van der Waals surface area contributed by atoms with Gasteiger partial charge in [-0.1, -0.05) is 0 Å². The first-order valence-corrected chi connectivity index (χ1v) is 4.42. The Hall–Kier alpha value is -1.10. The lowest BCUT2D eigenvalue weighted by atomic mass is 10.3. The number of carbonyl (C=O) groups excluding carboxylic acids is 2. The van der Waals surface area contributed by atoms with Crippen molar-refractivity contribution in [2.75, 3.05) is 19.6 Å². The predicted octanol–water partition coefficient (Wildman–Crippen LogP) is -1.02. The van der Waals surface area contributed by atoms with E-state index in [2.05, 4.69) is 10.6 Å². The molecule has 0 aliphatic rings. The van der Waals surface area contributed by atoms with E-state index in [1.54, 1.807) is 0 Å². The zero-order valence-electron chi connectivity index (χ0n) is 7.93. The van der Waals surface area contributed by atoms with Crippen molar-refractivity contribution in [3.05, 3.63) is 0 Å². The van der Waals surface area contributed by atoms with Crippen LogP contribution in [-0.4, -0.2) is 31.4 Å². The van der Waals surface area contributed by atoms with Gasteiger partial charge in [0, 0.05) is 32.5 Å². The highest BCUT2D eigenvalue weighted by Gasteiger charge is 1.98. The molecule has 0 saturated heterocycles. The maximum atomic E-state index is 10.9. The van der Waals surface area contributed by atoms with E-state index in [4.69, 9.17) is 5.73 Å². The summed E-state index contributed by atoms with van der Waals surface area (Å²) in [5.74, 6) is -0.306. The molecule has 0 aliphatic heterocycles. The van der Waals surface area contributed by atoms with Crippen molar-refractivity contribution in [3.8, 4) is 0 Å². The van der Waals surface area contributed by atoms with Gasteiger partial charge in [0.15, 0.2) is 0 Å². The fourth-order valence-electron chi connectivity index (χ4n) is 0.824. The fraction of sp³-hybridized carbons (Fsp3) is 0.750. The van der Waals surface area contributed by atoms with Crippen molar-refractivity contribution >= 4 is 11.8 Å². The molecule has 0 heterocycles. The van der Waals surface area contributed by atoms with Crippen LogP contribution in [0.25, 0.3) is 0 Å². The Labute approximate surface area is 78.1 Å². The van der Waals surface area contributed by atoms with E-state index in [1.165, 1.54) is 0 Å². The van der Waals surface area contributed by atoms with Crippen LogP contribution in [0.5, 0.6) is 0 Å². The Bertz CT molecular complexity index is 171. The molecule has 0 radical (unpaired) electrons. The molecule has 0 atom stereocenters. The van der Waals surface area contributed by atoms with Crippen LogP contribution in [0.1, 0.15) is 19.8 Å². The highest BCUT2D eigenvalue weighted by atomic mass is 16.1. The smallest absolute Gasteiger partial charge is 0.221 e. The Morgan fingerprint density at radius 2 is 1.85 bits per heavy atom. The monoisotopic (exact) mass is 187 g/mol.